The fraction of sp³-hybridized carbons (Fsp3) is 0.105. The van der Waals surface area contributed by atoms with Crippen molar-refractivity contribution < 1.29 is 9.53 Å². The molecule has 3 aromatic rings. The summed E-state index contributed by atoms with van der Waals surface area (Å²) in [5.41, 5.74) is 2.98. The zero-order valence-corrected chi connectivity index (χ0v) is 13.0. The second-order valence-corrected chi connectivity index (χ2v) is 5.89. The number of benzene rings is 2. The van der Waals surface area contributed by atoms with E-state index in [0.29, 0.717) is 5.56 Å². The minimum atomic E-state index is -0.284. The van der Waals surface area contributed by atoms with Crippen LogP contribution >= 0.6 is 11.3 Å². The first-order chi connectivity index (χ1) is 10.8. The summed E-state index contributed by atoms with van der Waals surface area (Å²) in [4.78, 5) is 13.1. The van der Waals surface area contributed by atoms with Crippen LogP contribution in [0.25, 0.3) is 0 Å². The van der Waals surface area contributed by atoms with Gasteiger partial charge in [-0.2, -0.15) is 0 Å². The molecular weight excluding hydrogens is 292 g/mol. The van der Waals surface area contributed by atoms with Gasteiger partial charge in [0, 0.05) is 10.8 Å². The van der Waals surface area contributed by atoms with E-state index in [-0.39, 0.29) is 11.9 Å². The molecule has 0 fully saturated rings. The molecule has 2 aromatic carbocycles. The van der Waals surface area contributed by atoms with Gasteiger partial charge in [0.25, 0.3) is 0 Å². The van der Waals surface area contributed by atoms with Crippen molar-refractivity contribution in [1.29, 1.82) is 0 Å². The van der Waals surface area contributed by atoms with Crippen molar-refractivity contribution in [3.05, 3.63) is 93.7 Å². The van der Waals surface area contributed by atoms with Crippen LogP contribution in [0.1, 0.15) is 32.3 Å². The minimum absolute atomic E-state index is 0.0384. The highest BCUT2D eigenvalue weighted by atomic mass is 32.1. The van der Waals surface area contributed by atoms with E-state index in [1.165, 1.54) is 18.2 Å². The van der Waals surface area contributed by atoms with E-state index in [1.807, 2.05) is 47.8 Å². The lowest BCUT2D eigenvalue weighted by molar-refractivity contribution is 0.0600. The quantitative estimate of drug-likeness (QED) is 0.652. The van der Waals surface area contributed by atoms with E-state index >= 15 is 0 Å². The van der Waals surface area contributed by atoms with E-state index in [4.69, 9.17) is 4.74 Å². The smallest absolute Gasteiger partial charge is 0.339 e. The van der Waals surface area contributed by atoms with Crippen LogP contribution in [0.5, 0.6) is 0 Å². The van der Waals surface area contributed by atoms with Gasteiger partial charge < -0.3 is 4.74 Å². The zero-order valence-electron chi connectivity index (χ0n) is 12.2. The molecule has 0 saturated carbocycles. The highest BCUT2D eigenvalue weighted by Gasteiger charge is 2.24. The second-order valence-electron chi connectivity index (χ2n) is 4.94. The van der Waals surface area contributed by atoms with Crippen LogP contribution in [0.4, 0.5) is 0 Å². The standard InChI is InChI=1S/C19H16O2S/c1-21-19(20)16-12-13-22-18(16)17(14-8-4-2-5-9-14)15-10-6-3-7-11-15/h2-13,17H,1H3. The Bertz CT molecular complexity index is 708. The summed E-state index contributed by atoms with van der Waals surface area (Å²) in [5.74, 6) is -0.246. The number of esters is 1. The summed E-state index contributed by atoms with van der Waals surface area (Å²) in [6.07, 6.45) is 0. The normalized spacial score (nSPS) is 10.6. The van der Waals surface area contributed by atoms with Gasteiger partial charge in [-0.05, 0) is 22.6 Å². The third-order valence-electron chi connectivity index (χ3n) is 3.63. The zero-order chi connectivity index (χ0) is 15.4. The van der Waals surface area contributed by atoms with Crippen molar-refractivity contribution in [2.24, 2.45) is 0 Å². The van der Waals surface area contributed by atoms with E-state index in [0.717, 1.165) is 4.88 Å². The maximum absolute atomic E-state index is 12.0. The number of carbonyl (C=O) groups excluding carboxylic acids is 1. The Morgan fingerprint density at radius 1 is 0.909 bits per heavy atom. The van der Waals surface area contributed by atoms with Gasteiger partial charge in [-0.1, -0.05) is 60.7 Å². The van der Waals surface area contributed by atoms with Gasteiger partial charge in [-0.3, -0.25) is 0 Å². The molecule has 0 spiro atoms. The van der Waals surface area contributed by atoms with Crippen LogP contribution in [0.15, 0.2) is 72.1 Å². The van der Waals surface area contributed by atoms with Gasteiger partial charge in [-0.25, -0.2) is 4.79 Å². The first kappa shape index (κ1) is 14.5. The van der Waals surface area contributed by atoms with E-state index in [2.05, 4.69) is 24.3 Å². The Morgan fingerprint density at radius 2 is 1.45 bits per heavy atom. The summed E-state index contributed by atoms with van der Waals surface area (Å²) >= 11 is 1.59. The SMILES string of the molecule is COC(=O)c1ccsc1C(c1ccccc1)c1ccccc1. The summed E-state index contributed by atoms with van der Waals surface area (Å²) in [6.45, 7) is 0. The van der Waals surface area contributed by atoms with E-state index < -0.39 is 0 Å². The lowest BCUT2D eigenvalue weighted by Crippen LogP contribution is -2.08. The van der Waals surface area contributed by atoms with Gasteiger partial charge in [0.1, 0.15) is 0 Å². The van der Waals surface area contributed by atoms with Crippen LogP contribution in [-0.2, 0) is 4.74 Å². The summed E-state index contributed by atoms with van der Waals surface area (Å²) in [7, 11) is 1.42. The highest BCUT2D eigenvalue weighted by Crippen LogP contribution is 2.37. The first-order valence-electron chi connectivity index (χ1n) is 7.07. The Morgan fingerprint density at radius 3 is 1.95 bits per heavy atom. The number of thiophene rings is 1. The predicted octanol–water partition coefficient (Wildman–Crippen LogP) is 4.71. The molecular formula is C19H16O2S. The third-order valence-corrected chi connectivity index (χ3v) is 4.61. The summed E-state index contributed by atoms with van der Waals surface area (Å²) in [6, 6.07) is 22.3. The molecule has 0 radical (unpaired) electrons. The van der Waals surface area contributed by atoms with Crippen LogP contribution < -0.4 is 0 Å². The molecule has 110 valence electrons. The van der Waals surface area contributed by atoms with E-state index in [9.17, 15) is 4.79 Å². The molecule has 0 bridgehead atoms. The van der Waals surface area contributed by atoms with Gasteiger partial charge in [0.15, 0.2) is 0 Å². The van der Waals surface area contributed by atoms with Crippen molar-refractivity contribution >= 4 is 17.3 Å². The Kier molecular flexibility index (Phi) is 4.35. The maximum atomic E-state index is 12.0. The average molecular weight is 308 g/mol. The van der Waals surface area contributed by atoms with Gasteiger partial charge >= 0.3 is 5.97 Å². The van der Waals surface area contributed by atoms with Crippen LogP contribution in [0.2, 0.25) is 0 Å². The summed E-state index contributed by atoms with van der Waals surface area (Å²) < 4.78 is 4.92. The molecule has 1 heterocycles. The molecule has 0 aliphatic carbocycles. The molecule has 0 aliphatic heterocycles. The number of carbonyl (C=O) groups is 1. The van der Waals surface area contributed by atoms with Crippen molar-refractivity contribution in [3.8, 4) is 0 Å². The molecule has 0 unspecified atom stereocenters. The molecule has 2 nitrogen and oxygen atoms in total. The topological polar surface area (TPSA) is 26.3 Å². The molecule has 22 heavy (non-hydrogen) atoms. The number of methoxy groups -OCH3 is 1. The number of hydrogen-bond acceptors (Lipinski definition) is 3. The van der Waals surface area contributed by atoms with Gasteiger partial charge in [0.05, 0.1) is 12.7 Å². The third kappa shape index (κ3) is 2.81. The lowest BCUT2D eigenvalue weighted by atomic mass is 9.88. The first-order valence-corrected chi connectivity index (χ1v) is 7.95. The number of ether oxygens (including phenoxy) is 1. The van der Waals surface area contributed by atoms with Gasteiger partial charge in [0.2, 0.25) is 0 Å². The molecule has 0 aliphatic rings. The average Bonchev–Trinajstić information content (AvgIpc) is 3.06. The molecule has 1 aromatic heterocycles. The number of hydrogen-bond donors (Lipinski definition) is 0. The van der Waals surface area contributed by atoms with Crippen LogP contribution in [-0.4, -0.2) is 13.1 Å². The molecule has 0 saturated heterocycles. The lowest BCUT2D eigenvalue weighted by Gasteiger charge is -2.18. The van der Waals surface area contributed by atoms with Crippen molar-refractivity contribution in [1.82, 2.24) is 0 Å². The minimum Gasteiger partial charge on any atom is -0.465 e. The fourth-order valence-electron chi connectivity index (χ4n) is 2.61. The van der Waals surface area contributed by atoms with Gasteiger partial charge in [-0.15, -0.1) is 11.3 Å². The molecule has 0 atom stereocenters. The molecule has 3 heteroatoms. The van der Waals surface area contributed by atoms with E-state index in [1.54, 1.807) is 11.3 Å². The summed E-state index contributed by atoms with van der Waals surface area (Å²) in [5, 5.41) is 1.94. The van der Waals surface area contributed by atoms with Crippen molar-refractivity contribution in [3.63, 3.8) is 0 Å². The molecule has 3 rings (SSSR count). The van der Waals surface area contributed by atoms with Crippen molar-refractivity contribution in [2.75, 3.05) is 7.11 Å². The number of rotatable bonds is 4. The Balaban J connectivity index is 2.15. The molecule has 0 amide bonds. The van der Waals surface area contributed by atoms with Crippen LogP contribution in [0, 0.1) is 0 Å². The van der Waals surface area contributed by atoms with Crippen LogP contribution in [0.3, 0.4) is 0 Å². The maximum Gasteiger partial charge on any atom is 0.339 e. The molecule has 0 N–H and O–H groups in total. The Labute approximate surface area is 134 Å². The predicted molar refractivity (Wildman–Crippen MR) is 89.5 cm³/mol. The fourth-order valence-corrected chi connectivity index (χ4v) is 3.65. The monoisotopic (exact) mass is 308 g/mol. The highest BCUT2D eigenvalue weighted by molar-refractivity contribution is 7.10. The van der Waals surface area contributed by atoms with Crippen molar-refractivity contribution in [2.45, 2.75) is 5.92 Å². The second kappa shape index (κ2) is 6.58. The largest absolute Gasteiger partial charge is 0.465 e. The Hall–Kier alpha value is -2.39.